The van der Waals surface area contributed by atoms with Crippen molar-refractivity contribution in [2.75, 3.05) is 13.1 Å². The number of aliphatic hydroxyl groups excluding tert-OH is 1. The van der Waals surface area contributed by atoms with E-state index in [1.165, 1.54) is 12.1 Å². The number of hydrogen-bond donors (Lipinski definition) is 2. The lowest BCUT2D eigenvalue weighted by atomic mass is 10.0. The molecule has 1 fully saturated rings. The van der Waals surface area contributed by atoms with Crippen LogP contribution in [0.25, 0.3) is 0 Å². The number of pyridine rings is 1. The highest BCUT2D eigenvalue weighted by Gasteiger charge is 2.61. The van der Waals surface area contributed by atoms with Gasteiger partial charge >= 0.3 is 6.09 Å². The smallest absolute Gasteiger partial charge is 0.408 e. The number of benzene rings is 2. The number of rotatable bonds is 12. The lowest BCUT2D eigenvalue weighted by Crippen LogP contribution is -2.53. The fraction of sp³-hybridized carbons (Fsp3) is 0.357. The number of amides is 1. The van der Waals surface area contributed by atoms with Gasteiger partial charge < -0.3 is 15.2 Å². The summed E-state index contributed by atoms with van der Waals surface area (Å²) in [4.78, 5) is 27.2. The lowest BCUT2D eigenvalue weighted by Gasteiger charge is -2.31. The molecule has 0 spiro atoms. The lowest BCUT2D eigenvalue weighted by molar-refractivity contribution is -0.384. The van der Waals surface area contributed by atoms with Gasteiger partial charge in [0.2, 0.25) is 10.0 Å². The van der Waals surface area contributed by atoms with Gasteiger partial charge in [-0.15, -0.1) is 0 Å². The van der Waals surface area contributed by atoms with Crippen LogP contribution in [0.5, 0.6) is 0 Å². The maximum Gasteiger partial charge on any atom is 0.408 e. The molecule has 11 nitrogen and oxygen atoms in total. The molecule has 1 aromatic heterocycles. The Labute approximate surface area is 233 Å². The van der Waals surface area contributed by atoms with Crippen LogP contribution in [0, 0.1) is 16.0 Å². The maximum absolute atomic E-state index is 13.6. The second kappa shape index (κ2) is 12.1. The quantitative estimate of drug-likeness (QED) is 0.247. The summed E-state index contributed by atoms with van der Waals surface area (Å²) in [6.45, 7) is 3.46. The Hall–Kier alpha value is -3.87. The van der Waals surface area contributed by atoms with Crippen molar-refractivity contribution in [2.45, 2.75) is 49.3 Å². The molecule has 1 aliphatic carbocycles. The monoisotopic (exact) mass is 568 g/mol. The average Bonchev–Trinajstić information content (AvgIpc) is 3.67. The van der Waals surface area contributed by atoms with E-state index in [2.05, 4.69) is 10.3 Å². The number of ether oxygens (including phenoxy) is 1. The van der Waals surface area contributed by atoms with Crippen LogP contribution in [0.2, 0.25) is 0 Å². The summed E-state index contributed by atoms with van der Waals surface area (Å²) in [6, 6.07) is 17.5. The Kier molecular flexibility index (Phi) is 8.82. The van der Waals surface area contributed by atoms with E-state index >= 15 is 0 Å². The number of alkyl carbamates (subject to hydrolysis) is 1. The zero-order valence-electron chi connectivity index (χ0n) is 22.2. The Balaban J connectivity index is 1.57. The minimum Gasteiger partial charge on any atom is -0.445 e. The van der Waals surface area contributed by atoms with E-state index in [1.807, 2.05) is 44.2 Å². The van der Waals surface area contributed by atoms with Crippen molar-refractivity contribution in [3.63, 3.8) is 0 Å². The molecular weight excluding hydrogens is 536 g/mol. The van der Waals surface area contributed by atoms with Crippen molar-refractivity contribution < 1.29 is 28.0 Å². The summed E-state index contributed by atoms with van der Waals surface area (Å²) in [6.07, 6.45) is 1.55. The topological polar surface area (TPSA) is 152 Å². The van der Waals surface area contributed by atoms with Crippen LogP contribution in [0.4, 0.5) is 10.5 Å². The van der Waals surface area contributed by atoms with Crippen LogP contribution >= 0.6 is 0 Å². The molecule has 2 unspecified atom stereocenters. The number of nitrogens with one attached hydrogen (secondary N) is 1. The zero-order valence-corrected chi connectivity index (χ0v) is 23.0. The maximum atomic E-state index is 13.6. The predicted molar refractivity (Wildman–Crippen MR) is 147 cm³/mol. The van der Waals surface area contributed by atoms with Crippen molar-refractivity contribution in [1.82, 2.24) is 14.6 Å². The number of carbonyl (C=O) groups excluding carboxylic acids is 1. The van der Waals surface area contributed by atoms with E-state index < -0.39 is 32.7 Å². The molecule has 0 radical (unpaired) electrons. The summed E-state index contributed by atoms with van der Waals surface area (Å²) in [5.74, 6) is -0.352. The molecule has 0 bridgehead atoms. The number of aliphatic hydroxyl groups is 1. The number of nitro benzene ring substituents is 1. The molecular formula is C28H32N4O7S. The van der Waals surface area contributed by atoms with Crippen LogP contribution in [0.3, 0.4) is 0 Å². The van der Waals surface area contributed by atoms with Gasteiger partial charge in [-0.2, -0.15) is 4.31 Å². The number of carbonyl (C=O) groups is 1. The van der Waals surface area contributed by atoms with E-state index in [-0.39, 0.29) is 42.1 Å². The molecule has 3 aromatic rings. The van der Waals surface area contributed by atoms with Crippen molar-refractivity contribution >= 4 is 21.8 Å². The number of nitrogens with zero attached hydrogens (tertiary/aromatic N) is 3. The molecule has 212 valence electrons. The second-order valence-electron chi connectivity index (χ2n) is 10.3. The number of sulfonamides is 1. The third-order valence-corrected chi connectivity index (χ3v) is 8.70. The summed E-state index contributed by atoms with van der Waals surface area (Å²) < 4.78 is 33.7. The van der Waals surface area contributed by atoms with Gasteiger partial charge in [0, 0.05) is 49.1 Å². The van der Waals surface area contributed by atoms with Crippen LogP contribution < -0.4 is 5.32 Å². The molecule has 12 heteroatoms. The molecule has 1 amide bonds. The molecule has 0 saturated heterocycles. The van der Waals surface area contributed by atoms with Crippen LogP contribution in [0.15, 0.2) is 84.0 Å². The Morgan fingerprint density at radius 3 is 2.45 bits per heavy atom. The first kappa shape index (κ1) is 29.1. The number of hydrogen-bond acceptors (Lipinski definition) is 8. The highest BCUT2D eigenvalue weighted by molar-refractivity contribution is 7.89. The molecule has 40 heavy (non-hydrogen) atoms. The summed E-state index contributed by atoms with van der Waals surface area (Å²) in [5.41, 5.74) is 0.196. The van der Waals surface area contributed by atoms with Gasteiger partial charge in [-0.1, -0.05) is 50.2 Å². The molecule has 2 N–H and O–H groups in total. The molecule has 3 atom stereocenters. The standard InChI is InChI=1S/C28H32N4O7S/c1-20(2)17-31(40(37,38)24-12-10-23(11-13-24)32(35)36)18-26(33)28(15-25(28)22-8-4-3-5-9-22)30-27(34)39-19-21-7-6-14-29-16-21/h3-14,16,20,25-26,33H,15,17-19H2,1-2H3,(H,30,34)/t25?,26-,28?/m1/s1. The van der Waals surface area contributed by atoms with E-state index in [0.717, 1.165) is 22.0 Å². The minimum atomic E-state index is -4.12. The van der Waals surface area contributed by atoms with E-state index in [1.54, 1.807) is 24.5 Å². The molecule has 2 aromatic carbocycles. The second-order valence-corrected chi connectivity index (χ2v) is 12.2. The van der Waals surface area contributed by atoms with Crippen molar-refractivity contribution in [2.24, 2.45) is 5.92 Å². The molecule has 0 aliphatic heterocycles. The largest absolute Gasteiger partial charge is 0.445 e. The first-order valence-corrected chi connectivity index (χ1v) is 14.3. The first-order chi connectivity index (χ1) is 19.0. The first-order valence-electron chi connectivity index (χ1n) is 12.8. The average molecular weight is 569 g/mol. The van der Waals surface area contributed by atoms with Gasteiger partial charge in [0.15, 0.2) is 0 Å². The highest BCUT2D eigenvalue weighted by Crippen LogP contribution is 2.54. The predicted octanol–water partition coefficient (Wildman–Crippen LogP) is 3.85. The van der Waals surface area contributed by atoms with Gasteiger partial charge in [-0.05, 0) is 36.1 Å². The fourth-order valence-corrected chi connectivity index (χ4v) is 6.36. The van der Waals surface area contributed by atoms with Crippen molar-refractivity contribution in [3.05, 3.63) is 100 Å². The van der Waals surface area contributed by atoms with Gasteiger partial charge in [0.25, 0.3) is 5.69 Å². The Morgan fingerprint density at radius 1 is 1.15 bits per heavy atom. The van der Waals surface area contributed by atoms with Gasteiger partial charge in [-0.25, -0.2) is 13.2 Å². The third-order valence-electron chi connectivity index (χ3n) is 6.86. The SMILES string of the molecule is CC(C)CN(C[C@@H](O)C1(NC(=O)OCc2cccnc2)CC1c1ccccc1)S(=O)(=O)c1ccc([N+](=O)[O-])cc1. The molecule has 1 saturated carbocycles. The van der Waals surface area contributed by atoms with Crippen LogP contribution in [-0.2, 0) is 21.4 Å². The van der Waals surface area contributed by atoms with E-state index in [0.29, 0.717) is 12.0 Å². The normalized spacial score (nSPS) is 19.3. The fourth-order valence-electron chi connectivity index (χ4n) is 4.75. The Morgan fingerprint density at radius 2 is 1.85 bits per heavy atom. The van der Waals surface area contributed by atoms with E-state index in [4.69, 9.17) is 4.74 Å². The Bertz CT molecular complexity index is 1420. The minimum absolute atomic E-state index is 0.0180. The van der Waals surface area contributed by atoms with Crippen molar-refractivity contribution in [1.29, 1.82) is 0 Å². The number of aromatic nitrogens is 1. The molecule has 1 heterocycles. The molecule has 1 aliphatic rings. The van der Waals surface area contributed by atoms with Crippen LogP contribution in [-0.4, -0.2) is 58.6 Å². The zero-order chi connectivity index (χ0) is 28.9. The van der Waals surface area contributed by atoms with E-state index in [9.17, 15) is 28.4 Å². The third kappa shape index (κ3) is 6.64. The van der Waals surface area contributed by atoms with Gasteiger partial charge in [-0.3, -0.25) is 15.1 Å². The van der Waals surface area contributed by atoms with Crippen LogP contribution in [0.1, 0.15) is 37.3 Å². The van der Waals surface area contributed by atoms with Gasteiger partial charge in [0.05, 0.1) is 21.5 Å². The van der Waals surface area contributed by atoms with Crippen molar-refractivity contribution in [3.8, 4) is 0 Å². The molecule has 4 rings (SSSR count). The van der Waals surface area contributed by atoms with Gasteiger partial charge in [0.1, 0.15) is 6.61 Å². The summed E-state index contributed by atoms with van der Waals surface area (Å²) >= 11 is 0. The number of nitro groups is 1. The number of non-ortho nitro benzene ring substituents is 1. The summed E-state index contributed by atoms with van der Waals surface area (Å²) in [7, 11) is -4.12. The highest BCUT2D eigenvalue weighted by atomic mass is 32.2. The summed E-state index contributed by atoms with van der Waals surface area (Å²) in [5, 5.41) is 25.4.